The van der Waals surface area contributed by atoms with Gasteiger partial charge in [0.2, 0.25) is 0 Å². The lowest BCUT2D eigenvalue weighted by molar-refractivity contribution is 0.796. The monoisotopic (exact) mass is 506 g/mol. The average Bonchev–Trinajstić information content (AvgIpc) is 3.45. The number of hydrogen-bond acceptors (Lipinski definition) is 0. The van der Waals surface area contributed by atoms with Crippen molar-refractivity contribution in [2.45, 2.75) is 12.3 Å². The van der Waals surface area contributed by atoms with Crippen molar-refractivity contribution in [1.82, 2.24) is 0 Å². The van der Waals surface area contributed by atoms with Crippen molar-refractivity contribution in [3.63, 3.8) is 0 Å². The Labute approximate surface area is 234 Å². The molecule has 0 atom stereocenters. The van der Waals surface area contributed by atoms with Crippen LogP contribution in [0.25, 0.3) is 54.9 Å². The molecule has 2 aliphatic rings. The highest BCUT2D eigenvalue weighted by Gasteiger charge is 2.51. The lowest BCUT2D eigenvalue weighted by Crippen LogP contribution is -2.25. The Bertz CT molecular complexity index is 2130. The SMILES string of the molecule is Cc1cccc(-c2ccc3cc4c(cc3c2)C2(c3ccccc3-c3ccccc32)c2cc3ccccc3cc2-4)c1. The minimum atomic E-state index is -0.338. The van der Waals surface area contributed by atoms with Crippen LogP contribution in [0.2, 0.25) is 0 Å². The third kappa shape index (κ3) is 2.75. The molecule has 0 fully saturated rings. The molecular weight excluding hydrogens is 480 g/mol. The molecule has 0 heteroatoms. The summed E-state index contributed by atoms with van der Waals surface area (Å²) in [5.41, 5.74) is 14.4. The average molecular weight is 507 g/mol. The van der Waals surface area contributed by atoms with E-state index in [1.165, 1.54) is 82.7 Å². The van der Waals surface area contributed by atoms with Crippen LogP contribution >= 0.6 is 0 Å². The summed E-state index contributed by atoms with van der Waals surface area (Å²) in [4.78, 5) is 0. The van der Waals surface area contributed by atoms with Crippen LogP contribution in [0.3, 0.4) is 0 Å². The summed E-state index contributed by atoms with van der Waals surface area (Å²) in [6.45, 7) is 2.16. The molecule has 1 spiro atoms. The molecule has 0 radical (unpaired) electrons. The second-order valence-corrected chi connectivity index (χ2v) is 11.4. The maximum atomic E-state index is 2.49. The van der Waals surface area contributed by atoms with Gasteiger partial charge in [0.1, 0.15) is 0 Å². The fourth-order valence-electron chi connectivity index (χ4n) is 7.57. The van der Waals surface area contributed by atoms with Crippen molar-refractivity contribution in [1.29, 1.82) is 0 Å². The first-order chi connectivity index (χ1) is 19.7. The topological polar surface area (TPSA) is 0 Å². The Morgan fingerprint density at radius 3 is 1.57 bits per heavy atom. The van der Waals surface area contributed by atoms with Crippen LogP contribution in [0, 0.1) is 6.92 Å². The van der Waals surface area contributed by atoms with Crippen molar-refractivity contribution in [2.24, 2.45) is 0 Å². The van der Waals surface area contributed by atoms with Gasteiger partial charge < -0.3 is 0 Å². The Morgan fingerprint density at radius 1 is 0.350 bits per heavy atom. The van der Waals surface area contributed by atoms with Crippen molar-refractivity contribution >= 4 is 21.5 Å². The predicted octanol–water partition coefficient (Wildman–Crippen LogP) is 10.3. The van der Waals surface area contributed by atoms with Gasteiger partial charge in [-0.1, -0.05) is 115 Å². The molecule has 0 aliphatic heterocycles. The van der Waals surface area contributed by atoms with Gasteiger partial charge >= 0.3 is 0 Å². The molecule has 2 aliphatic carbocycles. The highest BCUT2D eigenvalue weighted by molar-refractivity contribution is 6.03. The molecule has 7 aromatic carbocycles. The van der Waals surface area contributed by atoms with Crippen LogP contribution in [-0.4, -0.2) is 0 Å². The second-order valence-electron chi connectivity index (χ2n) is 11.4. The number of benzene rings is 7. The third-order valence-electron chi connectivity index (χ3n) is 9.26. The number of fused-ring (bicyclic) bond motifs is 12. The van der Waals surface area contributed by atoms with Crippen molar-refractivity contribution in [3.05, 3.63) is 167 Å². The molecule has 0 bridgehead atoms. The van der Waals surface area contributed by atoms with Crippen molar-refractivity contribution in [2.75, 3.05) is 0 Å². The van der Waals surface area contributed by atoms with Crippen LogP contribution in [0.4, 0.5) is 0 Å². The molecule has 0 nitrogen and oxygen atoms in total. The van der Waals surface area contributed by atoms with Gasteiger partial charge in [0.15, 0.2) is 0 Å². The van der Waals surface area contributed by atoms with Crippen LogP contribution < -0.4 is 0 Å². The fourth-order valence-corrected chi connectivity index (χ4v) is 7.57. The van der Waals surface area contributed by atoms with Crippen LogP contribution in [-0.2, 0) is 5.41 Å². The van der Waals surface area contributed by atoms with E-state index in [2.05, 4.69) is 146 Å². The molecule has 0 unspecified atom stereocenters. The van der Waals surface area contributed by atoms with Gasteiger partial charge in [0.25, 0.3) is 0 Å². The van der Waals surface area contributed by atoms with Crippen molar-refractivity contribution in [3.8, 4) is 33.4 Å². The minimum absolute atomic E-state index is 0.338. The lowest BCUT2D eigenvalue weighted by atomic mass is 9.70. The molecular formula is C40H26. The minimum Gasteiger partial charge on any atom is -0.0619 e. The number of aryl methyl sites for hydroxylation is 1. The molecule has 0 aromatic heterocycles. The number of rotatable bonds is 1. The third-order valence-corrected chi connectivity index (χ3v) is 9.26. The smallest absolute Gasteiger partial charge is 0.0619 e. The molecule has 0 N–H and O–H groups in total. The molecule has 0 saturated heterocycles. The predicted molar refractivity (Wildman–Crippen MR) is 168 cm³/mol. The molecule has 0 saturated carbocycles. The van der Waals surface area contributed by atoms with E-state index >= 15 is 0 Å². The summed E-state index contributed by atoms with van der Waals surface area (Å²) in [5.74, 6) is 0. The largest absolute Gasteiger partial charge is 0.0725 e. The lowest BCUT2D eigenvalue weighted by Gasteiger charge is -2.30. The maximum Gasteiger partial charge on any atom is 0.0725 e. The van der Waals surface area contributed by atoms with Crippen LogP contribution in [0.1, 0.15) is 27.8 Å². The second kappa shape index (κ2) is 7.81. The first-order valence-electron chi connectivity index (χ1n) is 14.1. The van der Waals surface area contributed by atoms with Gasteiger partial charge in [-0.25, -0.2) is 0 Å². The van der Waals surface area contributed by atoms with Crippen LogP contribution in [0.15, 0.2) is 140 Å². The summed E-state index contributed by atoms with van der Waals surface area (Å²) >= 11 is 0. The van der Waals surface area contributed by atoms with Gasteiger partial charge in [-0.3, -0.25) is 0 Å². The summed E-state index contributed by atoms with van der Waals surface area (Å²) in [6.07, 6.45) is 0. The van der Waals surface area contributed by atoms with E-state index in [1.54, 1.807) is 0 Å². The van der Waals surface area contributed by atoms with E-state index < -0.39 is 0 Å². The molecule has 0 amide bonds. The molecule has 0 heterocycles. The Hall–Kier alpha value is -4.94. The van der Waals surface area contributed by atoms with E-state index in [1.807, 2.05) is 0 Å². The zero-order valence-corrected chi connectivity index (χ0v) is 22.3. The van der Waals surface area contributed by atoms with E-state index in [0.29, 0.717) is 0 Å². The van der Waals surface area contributed by atoms with E-state index in [9.17, 15) is 0 Å². The quantitative estimate of drug-likeness (QED) is 0.208. The van der Waals surface area contributed by atoms with Gasteiger partial charge in [0.05, 0.1) is 5.41 Å². The first-order valence-corrected chi connectivity index (χ1v) is 14.1. The highest BCUT2D eigenvalue weighted by Crippen LogP contribution is 2.63. The van der Waals surface area contributed by atoms with Gasteiger partial charge in [-0.05, 0) is 114 Å². The summed E-state index contributed by atoms with van der Waals surface area (Å²) in [7, 11) is 0. The number of hydrogen-bond donors (Lipinski definition) is 0. The zero-order valence-electron chi connectivity index (χ0n) is 22.3. The fraction of sp³-hybridized carbons (Fsp3) is 0.0500. The molecule has 9 rings (SSSR count). The summed E-state index contributed by atoms with van der Waals surface area (Å²) in [5, 5.41) is 5.16. The Balaban J connectivity index is 1.42. The maximum absolute atomic E-state index is 2.49. The summed E-state index contributed by atoms with van der Waals surface area (Å²) < 4.78 is 0. The standard InChI is InChI=1S/C40H26/c1-25-9-8-12-26(19-25)29-17-18-30-22-35-34-21-27-10-2-3-11-28(27)23-38(34)40(39(35)24-31(30)20-29)36-15-6-4-13-32(36)33-14-5-7-16-37(33)40/h2-24H,1H3. The summed E-state index contributed by atoms with van der Waals surface area (Å²) in [6, 6.07) is 52.5. The highest BCUT2D eigenvalue weighted by atomic mass is 14.5. The molecule has 186 valence electrons. The van der Waals surface area contributed by atoms with Gasteiger partial charge in [-0.2, -0.15) is 0 Å². The zero-order chi connectivity index (χ0) is 26.4. The van der Waals surface area contributed by atoms with E-state index in [-0.39, 0.29) is 5.41 Å². The van der Waals surface area contributed by atoms with Crippen molar-refractivity contribution < 1.29 is 0 Å². The van der Waals surface area contributed by atoms with E-state index in [4.69, 9.17) is 0 Å². The Kier molecular flexibility index (Phi) is 4.28. The van der Waals surface area contributed by atoms with Gasteiger partial charge in [0, 0.05) is 0 Å². The Morgan fingerprint density at radius 2 is 0.900 bits per heavy atom. The van der Waals surface area contributed by atoms with Crippen LogP contribution in [0.5, 0.6) is 0 Å². The molecule has 7 aromatic rings. The first kappa shape index (κ1) is 21.9. The normalized spacial score (nSPS) is 13.8. The van der Waals surface area contributed by atoms with Gasteiger partial charge in [-0.15, -0.1) is 0 Å². The molecule has 40 heavy (non-hydrogen) atoms. The van der Waals surface area contributed by atoms with E-state index in [0.717, 1.165) is 0 Å².